The topological polar surface area (TPSA) is 79.5 Å². The Morgan fingerprint density at radius 1 is 1.67 bits per heavy atom. The molecule has 3 N–H and O–H groups in total. The van der Waals surface area contributed by atoms with Crippen molar-refractivity contribution in [2.75, 3.05) is 13.1 Å². The minimum atomic E-state index is -1.12. The van der Waals surface area contributed by atoms with E-state index in [4.69, 9.17) is 5.73 Å². The van der Waals surface area contributed by atoms with Gasteiger partial charge in [-0.3, -0.25) is 9.78 Å². The van der Waals surface area contributed by atoms with Crippen LogP contribution in [0, 0.1) is 0 Å². The van der Waals surface area contributed by atoms with Crippen LogP contribution in [-0.2, 0) is 4.79 Å². The first-order valence-electron chi connectivity index (χ1n) is 5.86. The molecule has 1 saturated heterocycles. The highest BCUT2D eigenvalue weighted by molar-refractivity contribution is 5.82. The predicted octanol–water partition coefficient (Wildman–Crippen LogP) is 0.0127. The number of carbonyl (C=O) groups is 1. The van der Waals surface area contributed by atoms with Crippen molar-refractivity contribution in [3.8, 4) is 0 Å². The summed E-state index contributed by atoms with van der Waals surface area (Å²) in [5.41, 5.74) is 6.21. The molecule has 1 fully saturated rings. The highest BCUT2D eigenvalue weighted by Gasteiger charge is 2.32. The lowest BCUT2D eigenvalue weighted by Gasteiger charge is -2.23. The normalized spacial score (nSPS) is 22.8. The van der Waals surface area contributed by atoms with Gasteiger partial charge < -0.3 is 15.7 Å². The van der Waals surface area contributed by atoms with Gasteiger partial charge in [0.25, 0.3) is 0 Å². The molecule has 0 radical (unpaired) electrons. The molecule has 1 aromatic rings. The third kappa shape index (κ3) is 2.65. The predicted molar refractivity (Wildman–Crippen MR) is 63.3 cm³/mol. The number of nitrogens with zero attached hydrogens (tertiary/aromatic N) is 2. The van der Waals surface area contributed by atoms with Crippen molar-refractivity contribution >= 4 is 5.91 Å². The second-order valence-corrected chi connectivity index (χ2v) is 4.43. The number of aromatic nitrogens is 1. The van der Waals surface area contributed by atoms with Gasteiger partial charge in [0.2, 0.25) is 5.91 Å². The molecule has 1 amide bonds. The number of carbonyl (C=O) groups excluding carboxylic acids is 1. The summed E-state index contributed by atoms with van der Waals surface area (Å²) in [5, 5.41) is 9.98. The van der Waals surface area contributed by atoms with Gasteiger partial charge in [-0.05, 0) is 12.5 Å². The van der Waals surface area contributed by atoms with Gasteiger partial charge in [0.05, 0.1) is 6.54 Å². The van der Waals surface area contributed by atoms with Crippen LogP contribution in [0.25, 0.3) is 0 Å². The minimum absolute atomic E-state index is 0.0618. The van der Waals surface area contributed by atoms with Crippen molar-refractivity contribution in [3.05, 3.63) is 30.1 Å². The molecule has 6 heteroatoms. The van der Waals surface area contributed by atoms with Gasteiger partial charge in [0, 0.05) is 24.5 Å². The summed E-state index contributed by atoms with van der Waals surface area (Å²) in [6.07, 6.45) is 1.25. The van der Waals surface area contributed by atoms with Crippen molar-refractivity contribution in [3.63, 3.8) is 0 Å². The molecule has 2 heterocycles. The van der Waals surface area contributed by atoms with E-state index in [1.807, 2.05) is 0 Å². The Bertz CT molecular complexity index is 415. The molecular weight excluding hydrogens is 237 g/mol. The average molecular weight is 253 g/mol. The molecule has 18 heavy (non-hydrogen) atoms. The summed E-state index contributed by atoms with van der Waals surface area (Å²) in [5.74, 6) is -0.425. The highest BCUT2D eigenvalue weighted by Crippen LogP contribution is 2.19. The van der Waals surface area contributed by atoms with E-state index < -0.39 is 24.2 Å². The Hall–Kier alpha value is -1.53. The van der Waals surface area contributed by atoms with Crippen LogP contribution in [0.4, 0.5) is 4.39 Å². The summed E-state index contributed by atoms with van der Waals surface area (Å²) in [6, 6.07) is 2.22. The smallest absolute Gasteiger partial charge is 0.242 e. The zero-order chi connectivity index (χ0) is 13.1. The first-order valence-corrected chi connectivity index (χ1v) is 5.86. The highest BCUT2D eigenvalue weighted by atomic mass is 19.1. The third-order valence-electron chi connectivity index (χ3n) is 3.09. The molecule has 2 unspecified atom stereocenters. The number of aliphatic hydroxyl groups is 1. The second kappa shape index (κ2) is 5.41. The van der Waals surface area contributed by atoms with Crippen LogP contribution >= 0.6 is 0 Å². The van der Waals surface area contributed by atoms with Gasteiger partial charge in [-0.2, -0.15) is 0 Å². The van der Waals surface area contributed by atoms with Crippen molar-refractivity contribution in [1.29, 1.82) is 0 Å². The van der Waals surface area contributed by atoms with E-state index in [1.54, 1.807) is 18.3 Å². The maximum absolute atomic E-state index is 13.0. The van der Waals surface area contributed by atoms with Crippen LogP contribution in [0.15, 0.2) is 24.5 Å². The fraction of sp³-hybridized carbons (Fsp3) is 0.500. The van der Waals surface area contributed by atoms with E-state index in [-0.39, 0.29) is 6.54 Å². The van der Waals surface area contributed by atoms with Gasteiger partial charge in [0.1, 0.15) is 18.3 Å². The number of alkyl halides is 1. The molecule has 0 spiro atoms. The van der Waals surface area contributed by atoms with Crippen LogP contribution in [0.5, 0.6) is 0 Å². The molecule has 2 rings (SSSR count). The van der Waals surface area contributed by atoms with Gasteiger partial charge in [-0.1, -0.05) is 6.07 Å². The molecule has 3 atom stereocenters. The van der Waals surface area contributed by atoms with E-state index in [9.17, 15) is 14.3 Å². The molecular formula is C12H16FN3O2. The van der Waals surface area contributed by atoms with E-state index in [1.165, 1.54) is 11.1 Å². The number of nitrogens with two attached hydrogens (primary N) is 1. The monoisotopic (exact) mass is 253 g/mol. The van der Waals surface area contributed by atoms with Crippen LogP contribution < -0.4 is 5.73 Å². The molecule has 98 valence electrons. The molecule has 0 aliphatic carbocycles. The van der Waals surface area contributed by atoms with E-state index in [0.717, 1.165) is 0 Å². The first kappa shape index (κ1) is 12.9. The maximum Gasteiger partial charge on any atom is 0.242 e. The SMILES string of the molecule is NC(C(=O)N1CC[C@H](F)C1)C(O)c1cccnc1. The van der Waals surface area contributed by atoms with Crippen molar-refractivity contribution < 1.29 is 14.3 Å². The Labute approximate surface area is 104 Å². The fourth-order valence-corrected chi connectivity index (χ4v) is 2.02. The molecule has 1 aliphatic rings. The number of pyridine rings is 1. The Kier molecular flexibility index (Phi) is 3.88. The van der Waals surface area contributed by atoms with Crippen LogP contribution in [0.3, 0.4) is 0 Å². The zero-order valence-electron chi connectivity index (χ0n) is 9.87. The average Bonchev–Trinajstić information content (AvgIpc) is 2.84. The second-order valence-electron chi connectivity index (χ2n) is 4.43. The largest absolute Gasteiger partial charge is 0.386 e. The fourth-order valence-electron chi connectivity index (χ4n) is 2.02. The summed E-state index contributed by atoms with van der Waals surface area (Å²) < 4.78 is 13.0. The lowest BCUT2D eigenvalue weighted by molar-refractivity contribution is -0.134. The van der Waals surface area contributed by atoms with Gasteiger partial charge >= 0.3 is 0 Å². The minimum Gasteiger partial charge on any atom is -0.386 e. The Balaban J connectivity index is 2.02. The van der Waals surface area contributed by atoms with E-state index >= 15 is 0 Å². The molecule has 0 saturated carbocycles. The van der Waals surface area contributed by atoms with E-state index in [0.29, 0.717) is 18.5 Å². The Morgan fingerprint density at radius 2 is 2.44 bits per heavy atom. The number of likely N-dealkylation sites (tertiary alicyclic amines) is 1. The first-order chi connectivity index (χ1) is 8.59. The third-order valence-corrected chi connectivity index (χ3v) is 3.09. The van der Waals surface area contributed by atoms with Crippen molar-refractivity contribution in [1.82, 2.24) is 9.88 Å². The maximum atomic E-state index is 13.0. The lowest BCUT2D eigenvalue weighted by atomic mass is 10.0. The van der Waals surface area contributed by atoms with Crippen molar-refractivity contribution in [2.24, 2.45) is 5.73 Å². The number of hydrogen-bond donors (Lipinski definition) is 2. The summed E-state index contributed by atoms with van der Waals surface area (Å²) >= 11 is 0. The van der Waals surface area contributed by atoms with E-state index in [2.05, 4.69) is 4.98 Å². The quantitative estimate of drug-likeness (QED) is 0.795. The van der Waals surface area contributed by atoms with Crippen LogP contribution in [-0.4, -0.2) is 46.2 Å². The standard InChI is InChI=1S/C12H16FN3O2/c13-9-3-5-16(7-9)12(18)10(14)11(17)8-2-1-4-15-6-8/h1-2,4,6,9-11,17H,3,5,7,14H2/t9-,10?,11?/m0/s1. The number of amides is 1. The zero-order valence-corrected chi connectivity index (χ0v) is 9.87. The summed E-state index contributed by atoms with van der Waals surface area (Å²) in [7, 11) is 0. The molecule has 0 aromatic carbocycles. The number of halogens is 1. The number of hydrogen-bond acceptors (Lipinski definition) is 4. The number of rotatable bonds is 3. The molecule has 5 nitrogen and oxygen atoms in total. The van der Waals surface area contributed by atoms with Gasteiger partial charge in [-0.15, -0.1) is 0 Å². The van der Waals surface area contributed by atoms with Crippen LogP contribution in [0.1, 0.15) is 18.1 Å². The Morgan fingerprint density at radius 3 is 3.00 bits per heavy atom. The summed E-state index contributed by atoms with van der Waals surface area (Å²) in [4.78, 5) is 17.2. The molecule has 1 aliphatic heterocycles. The van der Waals surface area contributed by atoms with Gasteiger partial charge in [0.15, 0.2) is 0 Å². The van der Waals surface area contributed by atoms with Crippen LogP contribution in [0.2, 0.25) is 0 Å². The molecule has 1 aromatic heterocycles. The van der Waals surface area contributed by atoms with Crippen molar-refractivity contribution in [2.45, 2.75) is 24.7 Å². The molecule has 0 bridgehead atoms. The van der Waals surface area contributed by atoms with Gasteiger partial charge in [-0.25, -0.2) is 4.39 Å². The lowest BCUT2D eigenvalue weighted by Crippen LogP contribution is -2.46. The summed E-state index contributed by atoms with van der Waals surface area (Å²) in [6.45, 7) is 0.416. The number of aliphatic hydroxyl groups excluding tert-OH is 1.